The van der Waals surface area contributed by atoms with E-state index < -0.39 is 5.97 Å². The maximum atomic E-state index is 11.1. The van der Waals surface area contributed by atoms with E-state index in [1.54, 1.807) is 12.1 Å². The highest BCUT2D eigenvalue weighted by Crippen LogP contribution is 2.25. The van der Waals surface area contributed by atoms with Gasteiger partial charge in [-0.3, -0.25) is 4.98 Å². The van der Waals surface area contributed by atoms with Crippen molar-refractivity contribution in [3.8, 4) is 0 Å². The molecule has 0 aliphatic carbocycles. The number of carboxylic acids is 1. The number of pyridine rings is 1. The molecule has 0 amide bonds. The predicted molar refractivity (Wildman–Crippen MR) is 62.9 cm³/mol. The molecule has 0 atom stereocenters. The van der Waals surface area contributed by atoms with Crippen LogP contribution in [0.15, 0.2) is 18.2 Å². The van der Waals surface area contributed by atoms with Crippen molar-refractivity contribution in [2.75, 3.05) is 0 Å². The summed E-state index contributed by atoms with van der Waals surface area (Å²) in [5, 5.41) is 9.89. The van der Waals surface area contributed by atoms with Gasteiger partial charge >= 0.3 is 5.97 Å². The Bertz CT molecular complexity index is 588. The second-order valence-corrected chi connectivity index (χ2v) is 3.95. The fraction of sp³-hybridized carbons (Fsp3) is 0.231. The molecule has 1 heterocycles. The molecule has 3 heteroatoms. The summed E-state index contributed by atoms with van der Waals surface area (Å²) >= 11 is 0. The lowest BCUT2D eigenvalue weighted by molar-refractivity contribution is 0.0699. The molecule has 0 saturated carbocycles. The lowest BCUT2D eigenvalue weighted by Gasteiger charge is -2.10. The molecule has 0 saturated heterocycles. The van der Waals surface area contributed by atoms with Crippen molar-refractivity contribution in [1.29, 1.82) is 0 Å². The molecular formula is C13H13NO2. The fourth-order valence-corrected chi connectivity index (χ4v) is 1.93. The van der Waals surface area contributed by atoms with E-state index >= 15 is 0 Å². The average Bonchev–Trinajstić information content (AvgIpc) is 2.25. The molecule has 0 bridgehead atoms. The zero-order valence-corrected chi connectivity index (χ0v) is 9.53. The molecule has 16 heavy (non-hydrogen) atoms. The van der Waals surface area contributed by atoms with Gasteiger partial charge in [-0.15, -0.1) is 0 Å². The van der Waals surface area contributed by atoms with Crippen LogP contribution in [-0.2, 0) is 0 Å². The van der Waals surface area contributed by atoms with Crippen molar-refractivity contribution in [2.24, 2.45) is 0 Å². The Kier molecular flexibility index (Phi) is 2.38. The maximum absolute atomic E-state index is 11.1. The Balaban J connectivity index is 2.97. The monoisotopic (exact) mass is 215 g/mol. The Morgan fingerprint density at radius 2 is 1.88 bits per heavy atom. The zero-order valence-electron chi connectivity index (χ0n) is 9.53. The summed E-state index contributed by atoms with van der Waals surface area (Å²) in [6, 6.07) is 5.20. The van der Waals surface area contributed by atoms with Crippen LogP contribution in [0.1, 0.15) is 27.2 Å². The molecule has 2 aromatic rings. The van der Waals surface area contributed by atoms with Crippen LogP contribution in [0.4, 0.5) is 0 Å². The minimum Gasteiger partial charge on any atom is -0.478 e. The molecule has 0 spiro atoms. The van der Waals surface area contributed by atoms with Gasteiger partial charge < -0.3 is 5.11 Å². The second-order valence-electron chi connectivity index (χ2n) is 3.95. The van der Waals surface area contributed by atoms with Gasteiger partial charge in [-0.05, 0) is 44.0 Å². The summed E-state index contributed by atoms with van der Waals surface area (Å²) in [5.41, 5.74) is 4.08. The van der Waals surface area contributed by atoms with Crippen LogP contribution in [0.25, 0.3) is 10.9 Å². The van der Waals surface area contributed by atoms with Crippen LogP contribution in [0.2, 0.25) is 0 Å². The van der Waals surface area contributed by atoms with Gasteiger partial charge in [-0.25, -0.2) is 4.79 Å². The molecule has 0 unspecified atom stereocenters. The highest BCUT2D eigenvalue weighted by molar-refractivity contribution is 6.04. The van der Waals surface area contributed by atoms with Crippen molar-refractivity contribution in [3.63, 3.8) is 0 Å². The van der Waals surface area contributed by atoms with Crippen molar-refractivity contribution in [3.05, 3.63) is 40.6 Å². The normalized spacial score (nSPS) is 10.7. The van der Waals surface area contributed by atoms with Crippen molar-refractivity contribution in [1.82, 2.24) is 4.98 Å². The number of nitrogens with zero attached hydrogens (tertiary/aromatic N) is 1. The molecule has 0 aliphatic heterocycles. The summed E-state index contributed by atoms with van der Waals surface area (Å²) in [7, 11) is 0. The van der Waals surface area contributed by atoms with E-state index in [-0.39, 0.29) is 0 Å². The zero-order chi connectivity index (χ0) is 11.9. The number of aryl methyl sites for hydroxylation is 2. The first kappa shape index (κ1) is 10.6. The van der Waals surface area contributed by atoms with Gasteiger partial charge in [0.2, 0.25) is 0 Å². The highest BCUT2D eigenvalue weighted by Gasteiger charge is 2.13. The molecular weight excluding hydrogens is 202 g/mol. The molecule has 82 valence electrons. The van der Waals surface area contributed by atoms with E-state index in [0.29, 0.717) is 5.56 Å². The Morgan fingerprint density at radius 1 is 1.19 bits per heavy atom. The summed E-state index contributed by atoms with van der Waals surface area (Å²) in [6.45, 7) is 5.85. The Morgan fingerprint density at radius 3 is 2.50 bits per heavy atom. The van der Waals surface area contributed by atoms with Crippen LogP contribution in [-0.4, -0.2) is 16.1 Å². The summed E-state index contributed by atoms with van der Waals surface area (Å²) in [5.74, 6) is -0.904. The first-order valence-corrected chi connectivity index (χ1v) is 5.12. The molecule has 2 rings (SSSR count). The third-order valence-corrected chi connectivity index (χ3v) is 3.04. The quantitative estimate of drug-likeness (QED) is 0.795. The summed E-state index contributed by atoms with van der Waals surface area (Å²) in [4.78, 5) is 15.6. The van der Waals surface area contributed by atoms with Crippen LogP contribution in [0.5, 0.6) is 0 Å². The van der Waals surface area contributed by atoms with Crippen molar-refractivity contribution < 1.29 is 9.90 Å². The fourth-order valence-electron chi connectivity index (χ4n) is 1.93. The Labute approximate surface area is 93.7 Å². The van der Waals surface area contributed by atoms with Gasteiger partial charge in [0.25, 0.3) is 0 Å². The number of carboxylic acid groups (broad SMARTS) is 1. The number of rotatable bonds is 1. The SMILES string of the molecule is Cc1nc2cccc(C(=O)O)c2c(C)c1C. The van der Waals surface area contributed by atoms with Crippen LogP contribution in [0, 0.1) is 20.8 Å². The predicted octanol–water partition coefficient (Wildman–Crippen LogP) is 2.86. The number of aromatic nitrogens is 1. The number of benzene rings is 1. The van der Waals surface area contributed by atoms with E-state index in [0.717, 1.165) is 27.7 Å². The highest BCUT2D eigenvalue weighted by atomic mass is 16.4. The minimum absolute atomic E-state index is 0.325. The van der Waals surface area contributed by atoms with Crippen molar-refractivity contribution >= 4 is 16.9 Å². The first-order valence-electron chi connectivity index (χ1n) is 5.12. The van der Waals surface area contributed by atoms with Crippen LogP contribution >= 0.6 is 0 Å². The van der Waals surface area contributed by atoms with Crippen molar-refractivity contribution in [2.45, 2.75) is 20.8 Å². The number of fused-ring (bicyclic) bond motifs is 1. The van der Waals surface area contributed by atoms with Gasteiger partial charge in [0.1, 0.15) is 0 Å². The average molecular weight is 215 g/mol. The van der Waals surface area contributed by atoms with E-state index in [2.05, 4.69) is 4.98 Å². The molecule has 0 aliphatic rings. The molecule has 0 radical (unpaired) electrons. The van der Waals surface area contributed by atoms with Gasteiger partial charge in [0.05, 0.1) is 11.1 Å². The van der Waals surface area contributed by atoms with Gasteiger partial charge in [0.15, 0.2) is 0 Å². The standard InChI is InChI=1S/C13H13NO2/c1-7-8(2)12-10(13(15)16)5-4-6-11(12)14-9(7)3/h4-6H,1-3H3,(H,15,16). The topological polar surface area (TPSA) is 50.2 Å². The van der Waals surface area contributed by atoms with Crippen LogP contribution < -0.4 is 0 Å². The largest absolute Gasteiger partial charge is 0.478 e. The Hall–Kier alpha value is -1.90. The number of aromatic carboxylic acids is 1. The minimum atomic E-state index is -0.904. The van der Waals surface area contributed by atoms with Gasteiger partial charge in [-0.1, -0.05) is 6.07 Å². The lowest BCUT2D eigenvalue weighted by atomic mass is 9.99. The lowest BCUT2D eigenvalue weighted by Crippen LogP contribution is -2.02. The number of carbonyl (C=O) groups is 1. The smallest absolute Gasteiger partial charge is 0.336 e. The number of hydrogen-bond acceptors (Lipinski definition) is 2. The van der Waals surface area contributed by atoms with E-state index in [9.17, 15) is 4.79 Å². The second kappa shape index (κ2) is 3.59. The molecule has 0 fully saturated rings. The molecule has 1 aromatic carbocycles. The first-order chi connectivity index (χ1) is 7.52. The molecule has 1 aromatic heterocycles. The third-order valence-electron chi connectivity index (χ3n) is 3.04. The number of hydrogen-bond donors (Lipinski definition) is 1. The van der Waals surface area contributed by atoms with Gasteiger partial charge in [0, 0.05) is 11.1 Å². The van der Waals surface area contributed by atoms with Crippen LogP contribution in [0.3, 0.4) is 0 Å². The molecule has 3 nitrogen and oxygen atoms in total. The molecule has 1 N–H and O–H groups in total. The van der Waals surface area contributed by atoms with E-state index in [1.807, 2.05) is 26.8 Å². The summed E-state index contributed by atoms with van der Waals surface area (Å²) in [6.07, 6.45) is 0. The third kappa shape index (κ3) is 1.45. The maximum Gasteiger partial charge on any atom is 0.336 e. The van der Waals surface area contributed by atoms with E-state index in [4.69, 9.17) is 5.11 Å². The van der Waals surface area contributed by atoms with Gasteiger partial charge in [-0.2, -0.15) is 0 Å². The van der Waals surface area contributed by atoms with E-state index in [1.165, 1.54) is 0 Å². The summed E-state index contributed by atoms with van der Waals surface area (Å²) < 4.78 is 0.